The molecule has 1 aliphatic heterocycles. The zero-order chi connectivity index (χ0) is 8.97. The third kappa shape index (κ3) is 2.73. The van der Waals surface area contributed by atoms with Crippen LogP contribution < -0.4 is 0 Å². The van der Waals surface area contributed by atoms with Crippen molar-refractivity contribution in [2.24, 2.45) is 0 Å². The second-order valence-electron chi connectivity index (χ2n) is 3.41. The maximum Gasteiger partial charge on any atom is 0.0625 e. The van der Waals surface area contributed by atoms with Crippen LogP contribution in [0.5, 0.6) is 0 Å². The molecule has 0 radical (unpaired) electrons. The lowest BCUT2D eigenvalue weighted by molar-refractivity contribution is -0.104. The van der Waals surface area contributed by atoms with E-state index in [0.29, 0.717) is 6.10 Å². The summed E-state index contributed by atoms with van der Waals surface area (Å²) in [7, 11) is 1.73. The molecule has 0 aromatic heterocycles. The van der Waals surface area contributed by atoms with Crippen molar-refractivity contribution in [3.8, 4) is 0 Å². The van der Waals surface area contributed by atoms with Gasteiger partial charge in [-0.15, -0.1) is 0 Å². The first kappa shape index (κ1) is 9.96. The maximum atomic E-state index is 8.74. The highest BCUT2D eigenvalue weighted by Gasteiger charge is 2.26. The van der Waals surface area contributed by atoms with Gasteiger partial charge in [0.15, 0.2) is 0 Å². The van der Waals surface area contributed by atoms with Gasteiger partial charge in [-0.25, -0.2) is 0 Å². The zero-order valence-electron chi connectivity index (χ0n) is 7.82. The number of rotatable bonds is 3. The molecule has 3 atom stereocenters. The molecule has 12 heavy (non-hydrogen) atoms. The van der Waals surface area contributed by atoms with Crippen LogP contribution in [0.3, 0.4) is 0 Å². The van der Waals surface area contributed by atoms with Crippen molar-refractivity contribution in [1.82, 2.24) is 0 Å². The summed E-state index contributed by atoms with van der Waals surface area (Å²) in [5.41, 5.74) is 0. The first-order chi connectivity index (χ1) is 5.76. The summed E-state index contributed by atoms with van der Waals surface area (Å²) in [6.45, 7) is 2.25. The second-order valence-corrected chi connectivity index (χ2v) is 3.41. The molecular weight excluding hydrogens is 156 g/mol. The van der Waals surface area contributed by atoms with Crippen LogP contribution in [-0.2, 0) is 9.47 Å². The van der Waals surface area contributed by atoms with Crippen molar-refractivity contribution in [1.29, 1.82) is 0 Å². The molecule has 1 fully saturated rings. The van der Waals surface area contributed by atoms with Crippen LogP contribution in [0, 0.1) is 0 Å². The average Bonchev–Trinajstić information content (AvgIpc) is 2.04. The highest BCUT2D eigenvalue weighted by atomic mass is 16.5. The highest BCUT2D eigenvalue weighted by molar-refractivity contribution is 4.75. The molecule has 1 rings (SSSR count). The molecule has 3 nitrogen and oxygen atoms in total. The van der Waals surface area contributed by atoms with Gasteiger partial charge in [-0.05, 0) is 26.2 Å². The van der Waals surface area contributed by atoms with E-state index in [-0.39, 0.29) is 18.8 Å². The minimum absolute atomic E-state index is 0.184. The predicted octanol–water partition coefficient (Wildman–Crippen LogP) is 0.951. The molecule has 0 aromatic carbocycles. The summed E-state index contributed by atoms with van der Waals surface area (Å²) in [5.74, 6) is 0. The summed E-state index contributed by atoms with van der Waals surface area (Å²) in [6.07, 6.45) is 3.37. The van der Waals surface area contributed by atoms with Crippen molar-refractivity contribution in [3.05, 3.63) is 0 Å². The predicted molar refractivity (Wildman–Crippen MR) is 46.1 cm³/mol. The zero-order valence-corrected chi connectivity index (χ0v) is 7.82. The van der Waals surface area contributed by atoms with Gasteiger partial charge in [-0.3, -0.25) is 0 Å². The summed E-state index contributed by atoms with van der Waals surface area (Å²) in [5, 5.41) is 8.74. The Morgan fingerprint density at radius 3 is 2.83 bits per heavy atom. The molecule has 0 spiro atoms. The van der Waals surface area contributed by atoms with Crippen molar-refractivity contribution in [2.45, 2.75) is 44.5 Å². The second kappa shape index (κ2) is 4.80. The van der Waals surface area contributed by atoms with Gasteiger partial charge in [0, 0.05) is 13.7 Å². The fraction of sp³-hybridized carbons (Fsp3) is 1.00. The van der Waals surface area contributed by atoms with Crippen LogP contribution in [0.4, 0.5) is 0 Å². The lowest BCUT2D eigenvalue weighted by Gasteiger charge is -2.32. The van der Waals surface area contributed by atoms with E-state index in [2.05, 4.69) is 6.92 Å². The van der Waals surface area contributed by atoms with Gasteiger partial charge in [-0.2, -0.15) is 0 Å². The first-order valence-corrected chi connectivity index (χ1v) is 4.55. The molecule has 0 aliphatic carbocycles. The van der Waals surface area contributed by atoms with E-state index in [0.717, 1.165) is 19.3 Å². The topological polar surface area (TPSA) is 38.7 Å². The number of ether oxygens (including phenoxy) is 2. The standard InChI is InChI=1S/C9H18O3/c1-7-5-9(11-2)6-8(12-7)3-4-10/h7-10H,3-6H2,1-2H3. The highest BCUT2D eigenvalue weighted by Crippen LogP contribution is 2.22. The van der Waals surface area contributed by atoms with Gasteiger partial charge in [0.05, 0.1) is 18.3 Å². The quantitative estimate of drug-likeness (QED) is 0.692. The van der Waals surface area contributed by atoms with E-state index in [1.165, 1.54) is 0 Å². The summed E-state index contributed by atoms with van der Waals surface area (Å²) in [6, 6.07) is 0. The molecule has 3 heteroatoms. The summed E-state index contributed by atoms with van der Waals surface area (Å²) in [4.78, 5) is 0. The lowest BCUT2D eigenvalue weighted by atomic mass is 10.00. The van der Waals surface area contributed by atoms with Crippen LogP contribution in [0.1, 0.15) is 26.2 Å². The Morgan fingerprint density at radius 1 is 1.50 bits per heavy atom. The van der Waals surface area contributed by atoms with Crippen LogP contribution in [0.2, 0.25) is 0 Å². The lowest BCUT2D eigenvalue weighted by Crippen LogP contribution is -2.35. The van der Waals surface area contributed by atoms with Crippen molar-refractivity contribution >= 4 is 0 Å². The Bertz CT molecular complexity index is 127. The third-order valence-corrected chi connectivity index (χ3v) is 2.33. The molecule has 1 N–H and O–H groups in total. The minimum atomic E-state index is 0.184. The Hall–Kier alpha value is -0.120. The Balaban J connectivity index is 2.34. The van der Waals surface area contributed by atoms with E-state index in [1.54, 1.807) is 7.11 Å². The molecule has 1 aliphatic rings. The molecule has 0 amide bonds. The first-order valence-electron chi connectivity index (χ1n) is 4.55. The van der Waals surface area contributed by atoms with Crippen LogP contribution in [0.15, 0.2) is 0 Å². The van der Waals surface area contributed by atoms with Crippen LogP contribution >= 0.6 is 0 Å². The van der Waals surface area contributed by atoms with E-state index in [4.69, 9.17) is 14.6 Å². The number of aliphatic hydroxyl groups is 1. The molecule has 3 unspecified atom stereocenters. The van der Waals surface area contributed by atoms with E-state index < -0.39 is 0 Å². The van der Waals surface area contributed by atoms with Gasteiger partial charge in [0.2, 0.25) is 0 Å². The van der Waals surface area contributed by atoms with E-state index >= 15 is 0 Å². The number of hydrogen-bond donors (Lipinski definition) is 1. The van der Waals surface area contributed by atoms with E-state index in [9.17, 15) is 0 Å². The largest absolute Gasteiger partial charge is 0.396 e. The van der Waals surface area contributed by atoms with Crippen LogP contribution in [0.25, 0.3) is 0 Å². The van der Waals surface area contributed by atoms with Gasteiger partial charge < -0.3 is 14.6 Å². The molecule has 1 saturated heterocycles. The smallest absolute Gasteiger partial charge is 0.0625 e. The summed E-state index contributed by atoms with van der Waals surface area (Å²) < 4.78 is 10.9. The fourth-order valence-electron chi connectivity index (χ4n) is 1.72. The molecular formula is C9H18O3. The average molecular weight is 174 g/mol. The maximum absolute atomic E-state index is 8.74. The third-order valence-electron chi connectivity index (χ3n) is 2.33. The van der Waals surface area contributed by atoms with Gasteiger partial charge in [0.1, 0.15) is 0 Å². The SMILES string of the molecule is COC1CC(C)OC(CCO)C1. The fourth-order valence-corrected chi connectivity index (χ4v) is 1.72. The summed E-state index contributed by atoms with van der Waals surface area (Å²) >= 11 is 0. The molecule has 0 saturated carbocycles. The van der Waals surface area contributed by atoms with Crippen LogP contribution in [-0.4, -0.2) is 37.1 Å². The normalized spacial score (nSPS) is 36.8. The van der Waals surface area contributed by atoms with Gasteiger partial charge in [0.25, 0.3) is 0 Å². The Labute approximate surface area is 73.7 Å². The van der Waals surface area contributed by atoms with Gasteiger partial charge in [-0.1, -0.05) is 0 Å². The van der Waals surface area contributed by atoms with E-state index in [1.807, 2.05) is 0 Å². The number of methoxy groups -OCH3 is 1. The van der Waals surface area contributed by atoms with Crippen molar-refractivity contribution in [3.63, 3.8) is 0 Å². The number of hydrogen-bond acceptors (Lipinski definition) is 3. The molecule has 0 aromatic rings. The monoisotopic (exact) mass is 174 g/mol. The van der Waals surface area contributed by atoms with Crippen molar-refractivity contribution in [2.75, 3.05) is 13.7 Å². The van der Waals surface area contributed by atoms with Gasteiger partial charge >= 0.3 is 0 Å². The molecule has 0 bridgehead atoms. The number of aliphatic hydroxyl groups excluding tert-OH is 1. The molecule has 1 heterocycles. The Kier molecular flexibility index (Phi) is 3.98. The minimum Gasteiger partial charge on any atom is -0.396 e. The Morgan fingerprint density at radius 2 is 2.25 bits per heavy atom. The van der Waals surface area contributed by atoms with Crippen molar-refractivity contribution < 1.29 is 14.6 Å². The molecule has 72 valence electrons.